The van der Waals surface area contributed by atoms with E-state index in [2.05, 4.69) is 26.8 Å². The van der Waals surface area contributed by atoms with Crippen molar-refractivity contribution in [3.05, 3.63) is 80.9 Å². The van der Waals surface area contributed by atoms with Crippen molar-refractivity contribution in [2.45, 2.75) is 38.8 Å². The van der Waals surface area contributed by atoms with Crippen LogP contribution in [0.1, 0.15) is 57.5 Å². The quantitative estimate of drug-likeness (QED) is 0.0469. The standard InChI is InChI=1S/C47H50ClN7O12/c1-24-19-50-31(25(2)39(24)61-7)21-55-20-26(37-42(48)51-45(49)52-43(37)55)11-9-10-14-63-46(57)53(3)12-13-54(4)47(58)67-40-29-18-33-32(65-23-66-33)17-28(29)36(38-30(40)22-64-44(38)56)27-15-34(59-5)41(62-8)35(16-27)60-6/h15-20,30,36,38,40H,10,12-14,21-23H2,1-8H3,(H2,49,51,52)/t30-,36+,38-,40-/m0/s1. The number of carbonyl (C=O) groups is 3. The number of aryl methyl sites for hydroxylation is 1. The lowest BCUT2D eigenvalue weighted by Crippen LogP contribution is -2.41. The average Bonchev–Trinajstić information content (AvgIpc) is 4.04. The lowest BCUT2D eigenvalue weighted by atomic mass is 9.66. The fraction of sp³-hybridized carbons (Fsp3) is 0.404. The van der Waals surface area contributed by atoms with Crippen molar-refractivity contribution in [3.8, 4) is 46.3 Å². The molecule has 0 bridgehead atoms. The second kappa shape index (κ2) is 19.3. The molecule has 2 N–H and O–H groups in total. The minimum absolute atomic E-state index is 0.00384. The number of hydrogen-bond acceptors (Lipinski definition) is 16. The van der Waals surface area contributed by atoms with E-state index in [1.807, 2.05) is 30.7 Å². The van der Waals surface area contributed by atoms with Gasteiger partial charge in [-0.3, -0.25) is 9.78 Å². The summed E-state index contributed by atoms with van der Waals surface area (Å²) in [7, 11) is 9.29. The number of esters is 1. The van der Waals surface area contributed by atoms with Crippen LogP contribution in [0.15, 0.2) is 36.7 Å². The Hall–Kier alpha value is -7.33. The topological polar surface area (TPSA) is 210 Å². The number of nitrogens with zero attached hydrogens (tertiary/aromatic N) is 6. The summed E-state index contributed by atoms with van der Waals surface area (Å²) >= 11 is 6.55. The molecule has 19 nitrogen and oxygen atoms in total. The van der Waals surface area contributed by atoms with Gasteiger partial charge in [0.2, 0.25) is 18.5 Å². The number of carbonyl (C=O) groups excluding carboxylic acids is 3. The van der Waals surface area contributed by atoms with Gasteiger partial charge in [-0.05, 0) is 49.2 Å². The number of halogens is 1. The van der Waals surface area contributed by atoms with E-state index >= 15 is 0 Å². The molecule has 67 heavy (non-hydrogen) atoms. The van der Waals surface area contributed by atoms with Gasteiger partial charge < -0.3 is 62.7 Å². The molecular formula is C47H50ClN7O12. The smallest absolute Gasteiger partial charge is 0.410 e. The van der Waals surface area contributed by atoms with Crippen molar-refractivity contribution in [2.24, 2.45) is 11.8 Å². The van der Waals surface area contributed by atoms with Crippen LogP contribution < -0.4 is 34.2 Å². The van der Waals surface area contributed by atoms with Gasteiger partial charge in [0.05, 0.1) is 64.2 Å². The monoisotopic (exact) mass is 939 g/mol. The molecule has 1 fully saturated rings. The number of rotatable bonds is 13. The summed E-state index contributed by atoms with van der Waals surface area (Å²) in [5.74, 6) is 6.81. The Morgan fingerprint density at radius 2 is 1.58 bits per heavy atom. The number of hydrogen-bond donors (Lipinski definition) is 1. The third-order valence-electron chi connectivity index (χ3n) is 12.2. The molecule has 0 unspecified atom stereocenters. The molecule has 2 aromatic carbocycles. The highest BCUT2D eigenvalue weighted by Gasteiger charge is 2.54. The zero-order chi connectivity index (χ0) is 47.7. The summed E-state index contributed by atoms with van der Waals surface area (Å²) in [5.41, 5.74) is 11.6. The highest BCUT2D eigenvalue weighted by Crippen LogP contribution is 2.56. The van der Waals surface area contributed by atoms with E-state index in [4.69, 9.17) is 60.0 Å². The maximum Gasteiger partial charge on any atom is 0.410 e. The first-order valence-corrected chi connectivity index (χ1v) is 21.6. The zero-order valence-corrected chi connectivity index (χ0v) is 39.0. The van der Waals surface area contributed by atoms with Crippen LogP contribution in [-0.2, 0) is 25.5 Å². The molecule has 0 spiro atoms. The van der Waals surface area contributed by atoms with Crippen molar-refractivity contribution in [2.75, 3.05) is 81.4 Å². The normalized spacial score (nSPS) is 17.7. The van der Waals surface area contributed by atoms with E-state index in [0.717, 1.165) is 22.6 Å². The molecule has 4 atom stereocenters. The summed E-state index contributed by atoms with van der Waals surface area (Å²) in [6.07, 6.45) is 1.60. The van der Waals surface area contributed by atoms with Gasteiger partial charge in [-0.2, -0.15) is 4.98 Å². The molecular weight excluding hydrogens is 890 g/mol. The van der Waals surface area contributed by atoms with Crippen LogP contribution in [0.25, 0.3) is 11.0 Å². The minimum atomic E-state index is -0.894. The summed E-state index contributed by atoms with van der Waals surface area (Å²) in [6, 6.07) is 7.20. The summed E-state index contributed by atoms with van der Waals surface area (Å²) in [6.45, 7) is 4.46. The molecule has 5 aromatic rings. The maximum absolute atomic E-state index is 13.8. The van der Waals surface area contributed by atoms with E-state index in [1.54, 1.807) is 45.6 Å². The van der Waals surface area contributed by atoms with Crippen molar-refractivity contribution < 1.29 is 57.0 Å². The van der Waals surface area contributed by atoms with Crippen LogP contribution in [0, 0.1) is 37.5 Å². The molecule has 2 amide bonds. The molecule has 2 aliphatic heterocycles. The van der Waals surface area contributed by atoms with Gasteiger partial charge in [-0.25, -0.2) is 14.6 Å². The van der Waals surface area contributed by atoms with Crippen LogP contribution in [0.5, 0.6) is 34.5 Å². The van der Waals surface area contributed by atoms with E-state index < -0.39 is 42.0 Å². The number of nitrogens with two attached hydrogens (primary N) is 1. The fourth-order valence-electron chi connectivity index (χ4n) is 8.85. The van der Waals surface area contributed by atoms with Crippen LogP contribution in [0.4, 0.5) is 15.5 Å². The molecule has 0 saturated carbocycles. The number of likely N-dealkylation sites (N-methyl/N-ethyl adjacent to an activating group) is 2. The van der Waals surface area contributed by atoms with E-state index in [-0.39, 0.29) is 50.6 Å². The molecule has 20 heteroatoms. The summed E-state index contributed by atoms with van der Waals surface area (Å²) < 4.78 is 53.2. The van der Waals surface area contributed by atoms with Gasteiger partial charge in [0.25, 0.3) is 0 Å². The Labute approximate surface area is 391 Å². The number of pyridine rings is 1. The second-order valence-electron chi connectivity index (χ2n) is 16.2. The average molecular weight is 940 g/mol. The number of fused-ring (bicyclic) bond motifs is 4. The number of cyclic esters (lactones) is 1. The first-order chi connectivity index (χ1) is 32.3. The molecule has 5 heterocycles. The van der Waals surface area contributed by atoms with Crippen molar-refractivity contribution in [3.63, 3.8) is 0 Å². The third-order valence-corrected chi connectivity index (χ3v) is 12.5. The molecule has 3 aliphatic rings. The first kappa shape index (κ1) is 46.2. The van der Waals surface area contributed by atoms with Crippen LogP contribution in [0.3, 0.4) is 0 Å². The van der Waals surface area contributed by atoms with Crippen LogP contribution in [-0.4, -0.2) is 123 Å². The highest BCUT2D eigenvalue weighted by atomic mass is 35.5. The minimum Gasteiger partial charge on any atom is -0.496 e. The predicted octanol–water partition coefficient (Wildman–Crippen LogP) is 6.04. The molecule has 0 radical (unpaired) electrons. The van der Waals surface area contributed by atoms with Gasteiger partial charge in [-0.15, -0.1) is 0 Å². The van der Waals surface area contributed by atoms with Crippen LogP contribution >= 0.6 is 11.6 Å². The Morgan fingerprint density at radius 3 is 2.25 bits per heavy atom. The Kier molecular flexibility index (Phi) is 13.3. The van der Waals surface area contributed by atoms with Gasteiger partial charge in [0.1, 0.15) is 29.3 Å². The Morgan fingerprint density at radius 1 is 0.910 bits per heavy atom. The van der Waals surface area contributed by atoms with Crippen molar-refractivity contribution in [1.29, 1.82) is 0 Å². The number of methoxy groups -OCH3 is 4. The lowest BCUT2D eigenvalue weighted by Gasteiger charge is -2.39. The van der Waals surface area contributed by atoms with E-state index in [9.17, 15) is 14.4 Å². The lowest BCUT2D eigenvalue weighted by molar-refractivity contribution is -0.141. The summed E-state index contributed by atoms with van der Waals surface area (Å²) in [4.78, 5) is 56.3. The largest absolute Gasteiger partial charge is 0.496 e. The first-order valence-electron chi connectivity index (χ1n) is 21.3. The molecule has 1 aliphatic carbocycles. The van der Waals surface area contributed by atoms with E-state index in [0.29, 0.717) is 68.6 Å². The number of anilines is 1. The molecule has 1 saturated heterocycles. The third kappa shape index (κ3) is 8.88. The Balaban J connectivity index is 0.911. The van der Waals surface area contributed by atoms with E-state index in [1.165, 1.54) is 31.1 Å². The second-order valence-corrected chi connectivity index (χ2v) is 16.6. The number of aromatic nitrogens is 4. The van der Waals surface area contributed by atoms with Crippen LogP contribution in [0.2, 0.25) is 5.15 Å². The Bertz CT molecular complexity index is 2800. The maximum atomic E-state index is 13.8. The molecule has 352 valence electrons. The fourth-order valence-corrected chi connectivity index (χ4v) is 9.12. The van der Waals surface area contributed by atoms with Crippen molar-refractivity contribution in [1.82, 2.24) is 29.3 Å². The summed E-state index contributed by atoms with van der Waals surface area (Å²) in [5, 5.41) is 0.687. The molecule has 8 rings (SSSR count). The predicted molar refractivity (Wildman–Crippen MR) is 242 cm³/mol. The number of nitrogen functional groups attached to an aromatic ring is 1. The highest BCUT2D eigenvalue weighted by molar-refractivity contribution is 6.34. The van der Waals surface area contributed by atoms with Gasteiger partial charge in [0.15, 0.2) is 23.0 Å². The van der Waals surface area contributed by atoms with Gasteiger partial charge >= 0.3 is 18.2 Å². The molecule has 3 aromatic heterocycles. The van der Waals surface area contributed by atoms with Gasteiger partial charge in [0, 0.05) is 74.5 Å². The SMILES string of the molecule is COc1cc([C@@H]2c3cc4c(cc3[C@H](OC(=O)N(C)CCN(C)C(=O)OCCC#Cc3cn(Cc5ncc(C)c(OC)c5C)c5nc(N)nc(Cl)c35)[C@H]3COC(=O)[C@H]23)OCO4)cc(OC)c1OC. The number of amides is 2. The van der Waals surface area contributed by atoms with Gasteiger partial charge in [-0.1, -0.05) is 23.4 Å². The number of benzene rings is 2. The zero-order valence-electron chi connectivity index (χ0n) is 38.3. The number of ether oxygens (including phenoxy) is 9. The van der Waals surface area contributed by atoms with Crippen molar-refractivity contribution >= 4 is 46.7 Å².